The number of urea groups is 1. The Morgan fingerprint density at radius 1 is 1.16 bits per heavy atom. The van der Waals surface area contributed by atoms with Crippen LogP contribution in [-0.2, 0) is 4.79 Å². The first-order chi connectivity index (χ1) is 8.96. The lowest BCUT2D eigenvalue weighted by Crippen LogP contribution is -2.44. The minimum absolute atomic E-state index is 0.00232. The highest BCUT2D eigenvalue weighted by molar-refractivity contribution is 6.07. The van der Waals surface area contributed by atoms with Gasteiger partial charge in [-0.25, -0.2) is 4.79 Å². The van der Waals surface area contributed by atoms with Gasteiger partial charge in [0.1, 0.15) is 5.54 Å². The second kappa shape index (κ2) is 6.92. The van der Waals surface area contributed by atoms with Crippen LogP contribution < -0.4 is 5.32 Å². The van der Waals surface area contributed by atoms with Crippen LogP contribution in [0.3, 0.4) is 0 Å². The van der Waals surface area contributed by atoms with Crippen LogP contribution >= 0.6 is 0 Å². The third kappa shape index (κ3) is 3.71. The zero-order chi connectivity index (χ0) is 14.5. The molecule has 1 rings (SSSR count). The first kappa shape index (κ1) is 16.0. The number of amides is 3. The van der Waals surface area contributed by atoms with Crippen LogP contribution in [0.1, 0.15) is 72.6 Å². The predicted molar refractivity (Wildman–Crippen MR) is 76.9 cm³/mol. The predicted octanol–water partition coefficient (Wildman–Crippen LogP) is 3.46. The summed E-state index contributed by atoms with van der Waals surface area (Å²) in [5, 5.41) is 2.81. The minimum Gasteiger partial charge on any atom is -0.323 e. The van der Waals surface area contributed by atoms with Gasteiger partial charge in [-0.1, -0.05) is 46.0 Å². The highest BCUT2D eigenvalue weighted by Crippen LogP contribution is 2.24. The molecule has 4 heteroatoms. The molecule has 1 aliphatic heterocycles. The van der Waals surface area contributed by atoms with E-state index in [1.165, 1.54) is 30.6 Å². The Balaban J connectivity index is 2.46. The maximum atomic E-state index is 12.3. The van der Waals surface area contributed by atoms with E-state index in [1.807, 2.05) is 13.8 Å². The molecule has 0 aromatic heterocycles. The molecule has 0 saturated carbocycles. The molecular formula is C15H28N2O2. The van der Waals surface area contributed by atoms with Gasteiger partial charge >= 0.3 is 6.03 Å². The fourth-order valence-electron chi connectivity index (χ4n) is 2.52. The molecule has 1 heterocycles. The summed E-state index contributed by atoms with van der Waals surface area (Å²) in [5.74, 6) is -0.0685. The lowest BCUT2D eigenvalue weighted by Gasteiger charge is -2.23. The average Bonchev–Trinajstić information content (AvgIpc) is 2.60. The number of hydrogen-bond donors (Lipinski definition) is 1. The van der Waals surface area contributed by atoms with Crippen LogP contribution in [-0.4, -0.2) is 28.4 Å². The van der Waals surface area contributed by atoms with Crippen LogP contribution in [0.4, 0.5) is 4.79 Å². The number of imide groups is 1. The first-order valence-corrected chi connectivity index (χ1v) is 7.62. The molecule has 2 atom stereocenters. The van der Waals surface area contributed by atoms with Crippen molar-refractivity contribution >= 4 is 11.9 Å². The number of nitrogens with zero attached hydrogens (tertiary/aromatic N) is 1. The smallest absolute Gasteiger partial charge is 0.323 e. The molecule has 1 saturated heterocycles. The van der Waals surface area contributed by atoms with Gasteiger partial charge in [0.05, 0.1) is 0 Å². The molecule has 19 heavy (non-hydrogen) atoms. The molecule has 4 nitrogen and oxygen atoms in total. The van der Waals surface area contributed by atoms with E-state index in [0.717, 1.165) is 12.8 Å². The Hall–Kier alpha value is -1.06. The van der Waals surface area contributed by atoms with Gasteiger partial charge in [0.15, 0.2) is 0 Å². The van der Waals surface area contributed by atoms with Gasteiger partial charge in [0.2, 0.25) is 0 Å². The molecule has 0 aliphatic carbocycles. The molecule has 0 bridgehead atoms. The molecule has 0 aromatic carbocycles. The maximum Gasteiger partial charge on any atom is 0.325 e. The summed E-state index contributed by atoms with van der Waals surface area (Å²) in [7, 11) is 0. The Labute approximate surface area is 116 Å². The van der Waals surface area contributed by atoms with Gasteiger partial charge in [0.25, 0.3) is 5.91 Å². The number of hydrogen-bond acceptors (Lipinski definition) is 2. The standard InChI is InChI=1S/C15H28N2O2/c1-5-7-8-9-10-11-12(3)17-13(18)15(4,6-2)16-14(17)19/h12H,5-11H2,1-4H3,(H,16,19)/t12?,15-/m1/s1. The van der Waals surface area contributed by atoms with Gasteiger partial charge in [-0.15, -0.1) is 0 Å². The van der Waals surface area contributed by atoms with E-state index in [1.54, 1.807) is 6.92 Å². The number of carbonyl (C=O) groups excluding carboxylic acids is 2. The number of unbranched alkanes of at least 4 members (excludes halogenated alkanes) is 4. The van der Waals surface area contributed by atoms with Crippen molar-refractivity contribution < 1.29 is 9.59 Å². The van der Waals surface area contributed by atoms with Crippen molar-refractivity contribution in [2.75, 3.05) is 0 Å². The normalized spacial score (nSPS) is 24.7. The second-order valence-electron chi connectivity index (χ2n) is 5.84. The first-order valence-electron chi connectivity index (χ1n) is 7.62. The molecule has 0 radical (unpaired) electrons. The number of carbonyl (C=O) groups is 2. The summed E-state index contributed by atoms with van der Waals surface area (Å²) in [6.45, 7) is 7.90. The molecular weight excluding hydrogens is 240 g/mol. The minimum atomic E-state index is -0.701. The van der Waals surface area contributed by atoms with E-state index in [0.29, 0.717) is 6.42 Å². The van der Waals surface area contributed by atoms with Crippen molar-refractivity contribution in [1.82, 2.24) is 10.2 Å². The van der Waals surface area contributed by atoms with Crippen LogP contribution in [0.25, 0.3) is 0 Å². The molecule has 3 amide bonds. The van der Waals surface area contributed by atoms with E-state index in [2.05, 4.69) is 12.2 Å². The maximum absolute atomic E-state index is 12.3. The van der Waals surface area contributed by atoms with E-state index in [4.69, 9.17) is 0 Å². The fourth-order valence-corrected chi connectivity index (χ4v) is 2.52. The Bertz CT molecular complexity index is 330. The summed E-state index contributed by atoms with van der Waals surface area (Å²) in [6, 6.07) is -0.224. The summed E-state index contributed by atoms with van der Waals surface area (Å²) in [6.07, 6.45) is 7.56. The average molecular weight is 268 g/mol. The van der Waals surface area contributed by atoms with Gasteiger partial charge in [-0.3, -0.25) is 9.69 Å². The summed E-state index contributed by atoms with van der Waals surface area (Å²) >= 11 is 0. The molecule has 1 aliphatic rings. The van der Waals surface area contributed by atoms with Gasteiger partial charge in [0, 0.05) is 6.04 Å². The molecule has 1 unspecified atom stereocenters. The largest absolute Gasteiger partial charge is 0.325 e. The summed E-state index contributed by atoms with van der Waals surface area (Å²) in [4.78, 5) is 25.6. The fraction of sp³-hybridized carbons (Fsp3) is 0.867. The zero-order valence-corrected chi connectivity index (χ0v) is 12.8. The van der Waals surface area contributed by atoms with E-state index in [-0.39, 0.29) is 18.0 Å². The van der Waals surface area contributed by atoms with Gasteiger partial charge < -0.3 is 5.32 Å². The number of nitrogens with one attached hydrogen (secondary N) is 1. The van der Waals surface area contributed by atoms with Crippen LogP contribution in [0, 0.1) is 0 Å². The van der Waals surface area contributed by atoms with Crippen molar-refractivity contribution in [1.29, 1.82) is 0 Å². The molecule has 110 valence electrons. The van der Waals surface area contributed by atoms with Crippen LogP contribution in [0.15, 0.2) is 0 Å². The topological polar surface area (TPSA) is 49.4 Å². The molecule has 1 N–H and O–H groups in total. The van der Waals surface area contributed by atoms with Crippen LogP contribution in [0.5, 0.6) is 0 Å². The third-order valence-electron chi connectivity index (χ3n) is 4.17. The van der Waals surface area contributed by atoms with Crippen molar-refractivity contribution in [3.8, 4) is 0 Å². The van der Waals surface area contributed by atoms with E-state index >= 15 is 0 Å². The highest BCUT2D eigenvalue weighted by atomic mass is 16.2. The quantitative estimate of drug-likeness (QED) is 0.541. The highest BCUT2D eigenvalue weighted by Gasteiger charge is 2.47. The van der Waals surface area contributed by atoms with Crippen molar-refractivity contribution in [3.05, 3.63) is 0 Å². The van der Waals surface area contributed by atoms with Gasteiger partial charge in [-0.2, -0.15) is 0 Å². The van der Waals surface area contributed by atoms with Crippen molar-refractivity contribution in [2.45, 2.75) is 84.2 Å². The van der Waals surface area contributed by atoms with E-state index in [9.17, 15) is 9.59 Å². The lowest BCUT2D eigenvalue weighted by atomic mass is 9.98. The third-order valence-corrected chi connectivity index (χ3v) is 4.17. The Morgan fingerprint density at radius 2 is 1.79 bits per heavy atom. The zero-order valence-electron chi connectivity index (χ0n) is 12.8. The molecule has 0 spiro atoms. The van der Waals surface area contributed by atoms with Crippen LogP contribution in [0.2, 0.25) is 0 Å². The van der Waals surface area contributed by atoms with Crippen molar-refractivity contribution in [2.24, 2.45) is 0 Å². The Kier molecular flexibility index (Phi) is 5.83. The molecule has 1 fully saturated rings. The summed E-state index contributed by atoms with van der Waals surface area (Å²) in [5.41, 5.74) is -0.701. The van der Waals surface area contributed by atoms with Crippen molar-refractivity contribution in [3.63, 3.8) is 0 Å². The SMILES string of the molecule is CCCCCCCC(C)N1C(=O)N[C@](C)(CC)C1=O. The molecule has 0 aromatic rings. The summed E-state index contributed by atoms with van der Waals surface area (Å²) < 4.78 is 0. The Morgan fingerprint density at radius 3 is 2.32 bits per heavy atom. The number of rotatable bonds is 8. The monoisotopic (exact) mass is 268 g/mol. The van der Waals surface area contributed by atoms with Gasteiger partial charge in [-0.05, 0) is 26.7 Å². The lowest BCUT2D eigenvalue weighted by molar-refractivity contribution is -0.132. The second-order valence-corrected chi connectivity index (χ2v) is 5.84. The van der Waals surface area contributed by atoms with E-state index < -0.39 is 5.54 Å².